The molecular weight excluding hydrogens is 457 g/mol. The Labute approximate surface area is 171 Å². The zero-order chi connectivity index (χ0) is 21.3. The fourth-order valence-corrected chi connectivity index (χ4v) is 3.20. The number of rotatable bonds is 4. The van der Waals surface area contributed by atoms with E-state index in [0.29, 0.717) is 20.8 Å². The maximum absolute atomic E-state index is 13.5. The van der Waals surface area contributed by atoms with Gasteiger partial charge in [0.1, 0.15) is 5.75 Å². The molecule has 29 heavy (non-hydrogen) atoms. The smallest absolute Gasteiger partial charge is 0.435 e. The van der Waals surface area contributed by atoms with Crippen LogP contribution in [-0.2, 0) is 4.79 Å². The highest BCUT2D eigenvalue weighted by molar-refractivity contribution is 9.10. The second-order valence-corrected chi connectivity index (χ2v) is 6.73. The van der Waals surface area contributed by atoms with Crippen LogP contribution in [-0.4, -0.2) is 36.0 Å². The van der Waals surface area contributed by atoms with Gasteiger partial charge in [-0.2, -0.15) is 23.3 Å². The molecule has 6 nitrogen and oxygen atoms in total. The number of halogens is 4. The van der Waals surface area contributed by atoms with Crippen LogP contribution in [0.3, 0.4) is 0 Å². The highest BCUT2D eigenvalue weighted by Crippen LogP contribution is 2.34. The summed E-state index contributed by atoms with van der Waals surface area (Å²) in [6, 6.07) is 9.48. The Hall–Kier alpha value is -3.14. The van der Waals surface area contributed by atoms with Crippen molar-refractivity contribution in [3.63, 3.8) is 0 Å². The maximum atomic E-state index is 13.5. The number of aromatic carboxylic acids is 1. The van der Waals surface area contributed by atoms with Crippen LogP contribution in [0.1, 0.15) is 15.9 Å². The molecule has 1 aliphatic rings. The van der Waals surface area contributed by atoms with Gasteiger partial charge in [-0.3, -0.25) is 4.79 Å². The van der Waals surface area contributed by atoms with Crippen molar-refractivity contribution in [2.45, 2.75) is 6.18 Å². The van der Waals surface area contributed by atoms with Crippen LogP contribution in [0.4, 0.5) is 18.9 Å². The molecule has 0 atom stereocenters. The van der Waals surface area contributed by atoms with Gasteiger partial charge in [0.25, 0.3) is 5.91 Å². The lowest BCUT2D eigenvalue weighted by Crippen LogP contribution is -2.25. The first-order valence-electron chi connectivity index (χ1n) is 8.01. The third-order valence-electron chi connectivity index (χ3n) is 3.97. The summed E-state index contributed by atoms with van der Waals surface area (Å²) in [4.78, 5) is 23.8. The topological polar surface area (TPSA) is 79.2 Å². The van der Waals surface area contributed by atoms with E-state index in [-0.39, 0.29) is 11.3 Å². The number of carboxylic acid groups (broad SMARTS) is 1. The minimum Gasteiger partial charge on any atom is -0.496 e. The van der Waals surface area contributed by atoms with Gasteiger partial charge < -0.3 is 9.84 Å². The lowest BCUT2D eigenvalue weighted by Gasteiger charge is -2.12. The molecule has 0 aliphatic carbocycles. The third kappa shape index (κ3) is 4.16. The Balaban J connectivity index is 2.08. The maximum Gasteiger partial charge on any atom is 0.435 e. The first-order valence-corrected chi connectivity index (χ1v) is 8.80. The second-order valence-electron chi connectivity index (χ2n) is 5.87. The lowest BCUT2D eigenvalue weighted by atomic mass is 10.1. The van der Waals surface area contributed by atoms with E-state index in [0.717, 1.165) is 12.1 Å². The first kappa shape index (κ1) is 20.6. The molecule has 0 spiro atoms. The van der Waals surface area contributed by atoms with Crippen molar-refractivity contribution in [2.75, 3.05) is 12.1 Å². The average molecular weight is 469 g/mol. The van der Waals surface area contributed by atoms with E-state index in [1.807, 2.05) is 0 Å². The van der Waals surface area contributed by atoms with Gasteiger partial charge in [-0.15, -0.1) is 0 Å². The van der Waals surface area contributed by atoms with Gasteiger partial charge in [0.2, 0.25) is 0 Å². The minimum atomic E-state index is -4.88. The lowest BCUT2D eigenvalue weighted by molar-refractivity contribution is -0.114. The van der Waals surface area contributed by atoms with Crippen molar-refractivity contribution in [2.24, 2.45) is 5.10 Å². The van der Waals surface area contributed by atoms with E-state index in [9.17, 15) is 22.8 Å². The van der Waals surface area contributed by atoms with E-state index in [1.54, 1.807) is 0 Å². The number of carbonyl (C=O) groups excluding carboxylic acids is 1. The van der Waals surface area contributed by atoms with Crippen LogP contribution in [0.2, 0.25) is 0 Å². The first-order chi connectivity index (χ1) is 13.6. The number of hydrogen-bond acceptors (Lipinski definition) is 4. The predicted octanol–water partition coefficient (Wildman–Crippen LogP) is 4.50. The van der Waals surface area contributed by atoms with E-state index < -0.39 is 29.3 Å². The van der Waals surface area contributed by atoms with Crippen LogP contribution < -0.4 is 9.75 Å². The molecule has 0 saturated carbocycles. The SMILES string of the molecule is COc1ccc(/C=C2\C(=O)N(c3cccc(C(=O)O)c3)N=C2C(F)(F)F)cc1Br. The van der Waals surface area contributed by atoms with Crippen molar-refractivity contribution in [1.29, 1.82) is 0 Å². The summed E-state index contributed by atoms with van der Waals surface area (Å²) in [7, 11) is 1.44. The number of benzene rings is 2. The predicted molar refractivity (Wildman–Crippen MR) is 103 cm³/mol. The van der Waals surface area contributed by atoms with Gasteiger partial charge in [-0.1, -0.05) is 12.1 Å². The van der Waals surface area contributed by atoms with Gasteiger partial charge in [-0.25, -0.2) is 4.79 Å². The molecule has 2 aromatic carbocycles. The van der Waals surface area contributed by atoms with Crippen LogP contribution in [0.5, 0.6) is 5.75 Å². The van der Waals surface area contributed by atoms with Crippen LogP contribution in [0.25, 0.3) is 6.08 Å². The second kappa shape index (κ2) is 7.70. The van der Waals surface area contributed by atoms with Gasteiger partial charge >= 0.3 is 12.1 Å². The summed E-state index contributed by atoms with van der Waals surface area (Å²) in [5, 5.41) is 13.0. The molecule has 1 heterocycles. The highest BCUT2D eigenvalue weighted by atomic mass is 79.9. The van der Waals surface area contributed by atoms with Crippen LogP contribution >= 0.6 is 15.9 Å². The van der Waals surface area contributed by atoms with E-state index >= 15 is 0 Å². The largest absolute Gasteiger partial charge is 0.496 e. The summed E-state index contributed by atoms with van der Waals surface area (Å²) >= 11 is 3.24. The summed E-state index contributed by atoms with van der Waals surface area (Å²) in [6.07, 6.45) is -3.82. The number of amides is 1. The number of hydrazone groups is 1. The highest BCUT2D eigenvalue weighted by Gasteiger charge is 2.46. The van der Waals surface area contributed by atoms with E-state index in [2.05, 4.69) is 21.0 Å². The molecule has 0 aromatic heterocycles. The summed E-state index contributed by atoms with van der Waals surface area (Å²) in [5.74, 6) is -1.83. The van der Waals surface area contributed by atoms with Gasteiger partial charge in [0.05, 0.1) is 28.4 Å². The fraction of sp³-hybridized carbons (Fsp3) is 0.105. The number of anilines is 1. The van der Waals surface area contributed by atoms with Crippen molar-refractivity contribution < 1.29 is 32.6 Å². The van der Waals surface area contributed by atoms with E-state index in [1.165, 1.54) is 43.5 Å². The Morgan fingerprint density at radius 2 is 1.97 bits per heavy atom. The number of alkyl halides is 3. The molecule has 0 fully saturated rings. The standard InChI is InChI=1S/C19H12BrF3N2O4/c1-29-15-6-5-10(8-14(15)20)7-13-16(19(21,22)23)24-25(17(13)26)12-4-2-3-11(9-12)18(27)28/h2-9H,1H3,(H,27,28)/b13-7-. The average Bonchev–Trinajstić information content (AvgIpc) is 2.99. The van der Waals surface area contributed by atoms with Gasteiger partial charge in [-0.05, 0) is 57.9 Å². The van der Waals surface area contributed by atoms with Crippen molar-refractivity contribution >= 4 is 45.3 Å². The molecular formula is C19H12BrF3N2O4. The molecule has 3 rings (SSSR count). The number of methoxy groups -OCH3 is 1. The minimum absolute atomic E-state index is 0.0871. The fourth-order valence-electron chi connectivity index (χ4n) is 2.64. The van der Waals surface area contributed by atoms with Crippen molar-refractivity contribution in [1.82, 2.24) is 0 Å². The van der Waals surface area contributed by atoms with Crippen LogP contribution in [0.15, 0.2) is 57.6 Å². The number of nitrogens with zero attached hydrogens (tertiary/aromatic N) is 2. The normalized spacial score (nSPS) is 15.6. The van der Waals surface area contributed by atoms with Crippen molar-refractivity contribution in [3.8, 4) is 5.75 Å². The summed E-state index contributed by atoms with van der Waals surface area (Å²) < 4.78 is 46.1. The molecule has 1 aliphatic heterocycles. The summed E-state index contributed by atoms with van der Waals surface area (Å²) in [6.45, 7) is 0. The molecule has 0 radical (unpaired) electrons. The van der Waals surface area contributed by atoms with Crippen LogP contribution in [0, 0.1) is 0 Å². The molecule has 10 heteroatoms. The summed E-state index contributed by atoms with van der Waals surface area (Å²) in [5.41, 5.74) is -1.98. The molecule has 2 aromatic rings. The Bertz CT molecular complexity index is 1060. The van der Waals surface area contributed by atoms with Crippen molar-refractivity contribution in [3.05, 3.63) is 63.6 Å². The molecule has 150 valence electrons. The monoisotopic (exact) mass is 468 g/mol. The molecule has 1 N–H and O–H groups in total. The Kier molecular flexibility index (Phi) is 5.47. The number of hydrogen-bond donors (Lipinski definition) is 1. The Morgan fingerprint density at radius 3 is 2.55 bits per heavy atom. The number of carbonyl (C=O) groups is 2. The molecule has 1 amide bonds. The molecule has 0 bridgehead atoms. The quantitative estimate of drug-likeness (QED) is 0.669. The van der Waals surface area contributed by atoms with Gasteiger partial charge in [0.15, 0.2) is 5.71 Å². The number of carboxylic acids is 1. The zero-order valence-electron chi connectivity index (χ0n) is 14.7. The zero-order valence-corrected chi connectivity index (χ0v) is 16.3. The Morgan fingerprint density at radius 1 is 1.24 bits per heavy atom. The van der Waals surface area contributed by atoms with Gasteiger partial charge in [0, 0.05) is 0 Å². The number of ether oxygens (including phenoxy) is 1. The third-order valence-corrected chi connectivity index (χ3v) is 4.59. The molecule has 0 saturated heterocycles. The molecule has 0 unspecified atom stereocenters. The van der Waals surface area contributed by atoms with E-state index in [4.69, 9.17) is 9.84 Å².